The van der Waals surface area contributed by atoms with Crippen LogP contribution in [0.2, 0.25) is 0 Å². The molecule has 0 spiro atoms. The Kier molecular flexibility index (Phi) is 4.62. The van der Waals surface area contributed by atoms with Crippen molar-refractivity contribution in [2.24, 2.45) is 23.2 Å². The predicted octanol–water partition coefficient (Wildman–Crippen LogP) is 5.20. The lowest BCUT2D eigenvalue weighted by Gasteiger charge is -2.55. The van der Waals surface area contributed by atoms with Gasteiger partial charge in [-0.2, -0.15) is 0 Å². The number of carbonyl (C=O) groups excluding carboxylic acids is 2. The molecule has 26 heavy (non-hydrogen) atoms. The average molecular weight is 376 g/mol. The molecule has 4 fully saturated rings. The van der Waals surface area contributed by atoms with Gasteiger partial charge in [0.05, 0.1) is 17.6 Å². The summed E-state index contributed by atoms with van der Waals surface area (Å²) < 4.78 is 5.21. The van der Waals surface area contributed by atoms with Gasteiger partial charge in [-0.3, -0.25) is 4.79 Å². The summed E-state index contributed by atoms with van der Waals surface area (Å²) in [4.78, 5) is 26.8. The monoisotopic (exact) mass is 375 g/mol. The first-order chi connectivity index (χ1) is 12.4. The molecule has 0 aromatic carbocycles. The lowest BCUT2D eigenvalue weighted by molar-refractivity contribution is -0.140. The third-order valence-corrected chi connectivity index (χ3v) is 7.91. The Morgan fingerprint density at radius 2 is 1.77 bits per heavy atom. The highest BCUT2D eigenvalue weighted by Crippen LogP contribution is 2.60. The van der Waals surface area contributed by atoms with Crippen molar-refractivity contribution in [3.63, 3.8) is 0 Å². The molecule has 0 radical (unpaired) electrons. The number of esters is 1. The van der Waals surface area contributed by atoms with E-state index in [2.05, 4.69) is 19.2 Å². The molecule has 0 saturated heterocycles. The predicted molar refractivity (Wildman–Crippen MR) is 104 cm³/mol. The fraction of sp³-hybridized carbons (Fsp3) is 0.714. The first-order valence-electron chi connectivity index (χ1n) is 10.0. The molecule has 4 nitrogen and oxygen atoms in total. The minimum Gasteiger partial charge on any atom is -0.462 e. The lowest BCUT2D eigenvalue weighted by Crippen LogP contribution is -2.51. The van der Waals surface area contributed by atoms with Crippen molar-refractivity contribution in [1.82, 2.24) is 0 Å². The highest BCUT2D eigenvalue weighted by molar-refractivity contribution is 7.16. The van der Waals surface area contributed by atoms with Crippen LogP contribution >= 0.6 is 11.3 Å². The van der Waals surface area contributed by atoms with Crippen molar-refractivity contribution in [3.8, 4) is 0 Å². The van der Waals surface area contributed by atoms with E-state index in [0.717, 1.165) is 41.9 Å². The topological polar surface area (TPSA) is 55.4 Å². The summed E-state index contributed by atoms with van der Waals surface area (Å²) in [6.07, 6.45) is 7.04. The number of carbonyl (C=O) groups is 2. The van der Waals surface area contributed by atoms with Gasteiger partial charge in [-0.25, -0.2) is 4.79 Å². The summed E-state index contributed by atoms with van der Waals surface area (Å²) >= 11 is 1.52. The third kappa shape index (κ3) is 3.08. The largest absolute Gasteiger partial charge is 0.462 e. The van der Waals surface area contributed by atoms with E-state index in [9.17, 15) is 9.59 Å². The Balaban J connectivity index is 1.58. The summed E-state index contributed by atoms with van der Waals surface area (Å²) in [5.74, 6) is 2.30. The Morgan fingerprint density at radius 1 is 1.19 bits per heavy atom. The van der Waals surface area contributed by atoms with Crippen LogP contribution in [0.1, 0.15) is 80.4 Å². The molecule has 5 rings (SSSR count). The fourth-order valence-electron chi connectivity index (χ4n) is 5.77. The molecule has 4 aliphatic rings. The Bertz CT molecular complexity index is 686. The van der Waals surface area contributed by atoms with Gasteiger partial charge in [-0.1, -0.05) is 13.8 Å². The van der Waals surface area contributed by atoms with Gasteiger partial charge in [0.25, 0.3) is 0 Å². The Labute approximate surface area is 159 Å². The van der Waals surface area contributed by atoms with Gasteiger partial charge in [0.15, 0.2) is 0 Å². The number of ether oxygens (including phenoxy) is 1. The molecular weight excluding hydrogens is 346 g/mol. The minimum atomic E-state index is -0.337. The zero-order valence-electron chi connectivity index (χ0n) is 16.0. The molecule has 1 amide bonds. The van der Waals surface area contributed by atoms with E-state index >= 15 is 0 Å². The number of anilines is 1. The van der Waals surface area contributed by atoms with Crippen LogP contribution in [0, 0.1) is 23.2 Å². The first-order valence-corrected chi connectivity index (χ1v) is 10.8. The maximum atomic E-state index is 13.3. The molecule has 5 heteroatoms. The zero-order valence-corrected chi connectivity index (χ0v) is 16.8. The second kappa shape index (κ2) is 6.66. The number of amides is 1. The molecular formula is C21H29NO3S. The molecule has 1 aromatic rings. The van der Waals surface area contributed by atoms with Crippen LogP contribution < -0.4 is 5.32 Å². The van der Waals surface area contributed by atoms with Crippen LogP contribution in [0.25, 0.3) is 0 Å². The molecule has 4 saturated carbocycles. The van der Waals surface area contributed by atoms with Crippen LogP contribution in [0.5, 0.6) is 0 Å². The van der Waals surface area contributed by atoms with Crippen molar-refractivity contribution < 1.29 is 14.3 Å². The number of hydrogen-bond donors (Lipinski definition) is 1. The van der Waals surface area contributed by atoms with E-state index in [0.29, 0.717) is 23.1 Å². The summed E-state index contributed by atoms with van der Waals surface area (Å²) in [5.41, 5.74) is 0.307. The smallest absolute Gasteiger partial charge is 0.341 e. The lowest BCUT2D eigenvalue weighted by atomic mass is 9.49. The second-order valence-corrected chi connectivity index (χ2v) is 10.0. The minimum absolute atomic E-state index is 0.138. The van der Waals surface area contributed by atoms with E-state index < -0.39 is 0 Å². The highest BCUT2D eigenvalue weighted by Gasteiger charge is 2.54. The third-order valence-electron chi connectivity index (χ3n) is 6.56. The summed E-state index contributed by atoms with van der Waals surface area (Å²) in [6.45, 7) is 6.35. The molecule has 1 heterocycles. The molecule has 0 atom stereocenters. The molecule has 4 aliphatic carbocycles. The first kappa shape index (κ1) is 18.0. The average Bonchev–Trinajstić information content (AvgIpc) is 2.98. The van der Waals surface area contributed by atoms with Crippen molar-refractivity contribution in [2.45, 2.75) is 65.2 Å². The molecule has 142 valence electrons. The van der Waals surface area contributed by atoms with Gasteiger partial charge in [0, 0.05) is 4.88 Å². The van der Waals surface area contributed by atoms with Gasteiger partial charge >= 0.3 is 5.97 Å². The van der Waals surface area contributed by atoms with Gasteiger partial charge in [0.2, 0.25) is 5.91 Å². The standard InChI is InChI=1S/C21H29NO3S/c1-4-25-19(23)16-8-17(12(2)3)26-18(16)22-20(24)21-9-13-5-14(10-21)7-15(6-13)11-21/h8,12-15H,4-7,9-11H2,1-3H3,(H,22,24). The number of nitrogens with one attached hydrogen (secondary N) is 1. The molecule has 1 aromatic heterocycles. The molecule has 0 unspecified atom stereocenters. The van der Waals surface area contributed by atoms with Gasteiger partial charge in [-0.15, -0.1) is 11.3 Å². The van der Waals surface area contributed by atoms with Crippen molar-refractivity contribution in [3.05, 3.63) is 16.5 Å². The SMILES string of the molecule is CCOC(=O)c1cc(C(C)C)sc1NC(=O)C12CC3CC(CC(C3)C1)C2. The molecule has 4 bridgehead atoms. The quantitative estimate of drug-likeness (QED) is 0.719. The van der Waals surface area contributed by atoms with E-state index in [1.807, 2.05) is 6.07 Å². The molecule has 1 N–H and O–H groups in total. The summed E-state index contributed by atoms with van der Waals surface area (Å²) in [7, 11) is 0. The second-order valence-electron chi connectivity index (χ2n) is 8.92. The number of rotatable bonds is 5. The number of hydrogen-bond acceptors (Lipinski definition) is 4. The fourth-order valence-corrected chi connectivity index (χ4v) is 6.82. The normalized spacial score (nSPS) is 32.1. The van der Waals surface area contributed by atoms with Gasteiger partial charge in [0.1, 0.15) is 5.00 Å². The summed E-state index contributed by atoms with van der Waals surface area (Å²) in [6, 6.07) is 1.89. The van der Waals surface area contributed by atoms with Crippen LogP contribution in [-0.2, 0) is 9.53 Å². The van der Waals surface area contributed by atoms with Crippen molar-refractivity contribution >= 4 is 28.2 Å². The van der Waals surface area contributed by atoms with E-state index in [-0.39, 0.29) is 17.3 Å². The van der Waals surface area contributed by atoms with Crippen molar-refractivity contribution in [1.29, 1.82) is 0 Å². The Morgan fingerprint density at radius 3 is 2.27 bits per heavy atom. The zero-order chi connectivity index (χ0) is 18.5. The number of thiophene rings is 1. The van der Waals surface area contributed by atoms with Crippen LogP contribution in [0.4, 0.5) is 5.00 Å². The van der Waals surface area contributed by atoms with Gasteiger partial charge in [-0.05, 0) is 75.2 Å². The van der Waals surface area contributed by atoms with E-state index in [4.69, 9.17) is 4.74 Å². The summed E-state index contributed by atoms with van der Waals surface area (Å²) in [5, 5.41) is 3.83. The molecule has 0 aliphatic heterocycles. The van der Waals surface area contributed by atoms with E-state index in [1.54, 1.807) is 6.92 Å². The maximum absolute atomic E-state index is 13.3. The van der Waals surface area contributed by atoms with Gasteiger partial charge < -0.3 is 10.1 Å². The van der Waals surface area contributed by atoms with E-state index in [1.165, 1.54) is 30.6 Å². The highest BCUT2D eigenvalue weighted by atomic mass is 32.1. The Hall–Kier alpha value is -1.36. The van der Waals surface area contributed by atoms with Crippen molar-refractivity contribution in [2.75, 3.05) is 11.9 Å². The van der Waals surface area contributed by atoms with Crippen LogP contribution in [0.3, 0.4) is 0 Å². The van der Waals surface area contributed by atoms with Crippen LogP contribution in [0.15, 0.2) is 6.07 Å². The maximum Gasteiger partial charge on any atom is 0.341 e. The van der Waals surface area contributed by atoms with Crippen LogP contribution in [-0.4, -0.2) is 18.5 Å².